The predicted molar refractivity (Wildman–Crippen MR) is 132 cm³/mol. The van der Waals surface area contributed by atoms with Crippen LogP contribution >= 0.6 is 0 Å². The van der Waals surface area contributed by atoms with Gasteiger partial charge in [0.2, 0.25) is 0 Å². The summed E-state index contributed by atoms with van der Waals surface area (Å²) in [7, 11) is -10.5. The third kappa shape index (κ3) is 7.40. The minimum atomic E-state index is -5.26. The molecule has 0 fully saturated rings. The second-order valence-electron chi connectivity index (χ2n) is 7.54. The van der Waals surface area contributed by atoms with Crippen molar-refractivity contribution < 1.29 is 90.2 Å². The van der Waals surface area contributed by atoms with E-state index in [4.69, 9.17) is 11.5 Å². The molecule has 5 N–H and O–H groups in total. The Kier molecular flexibility index (Phi) is 10.8. The van der Waals surface area contributed by atoms with E-state index in [1.54, 1.807) is 18.2 Å². The number of benzene rings is 4. The number of nitrogens with zero attached hydrogens (tertiary/aromatic N) is 4. The van der Waals surface area contributed by atoms with E-state index in [1.165, 1.54) is 36.4 Å². The molecule has 0 radical (unpaired) electrons. The van der Waals surface area contributed by atoms with Crippen molar-refractivity contribution in [2.24, 2.45) is 20.5 Å². The van der Waals surface area contributed by atoms with Crippen molar-refractivity contribution in [1.29, 1.82) is 0 Å². The Morgan fingerprint density at radius 1 is 0.667 bits per heavy atom. The van der Waals surface area contributed by atoms with Crippen LogP contribution in [0.5, 0.6) is 5.75 Å². The molecule has 39 heavy (non-hydrogen) atoms. The van der Waals surface area contributed by atoms with Gasteiger partial charge in [-0.05, 0) is 53.9 Å². The minimum absolute atomic E-state index is 0. The molecule has 0 amide bonds. The number of anilines is 2. The summed E-state index contributed by atoms with van der Waals surface area (Å²) >= 11 is 0. The third-order valence-electron chi connectivity index (χ3n) is 5.03. The minimum Gasteiger partial charge on any atom is -0.744 e. The number of azo groups is 2. The van der Waals surface area contributed by atoms with Gasteiger partial charge in [0.15, 0.2) is 5.75 Å². The molecule has 4 rings (SSSR count). The molecular formula is C22H16N6Na2O7S2. The average Bonchev–Trinajstić information content (AvgIpc) is 2.82. The van der Waals surface area contributed by atoms with E-state index in [0.29, 0.717) is 5.69 Å². The Morgan fingerprint density at radius 3 is 1.64 bits per heavy atom. The number of rotatable bonds is 6. The second kappa shape index (κ2) is 12.8. The van der Waals surface area contributed by atoms with Gasteiger partial charge in [0.05, 0.1) is 32.2 Å². The summed E-state index contributed by atoms with van der Waals surface area (Å²) in [6, 6.07) is 15.4. The fraction of sp³-hybridized carbons (Fsp3) is 0. The topological polar surface area (TPSA) is 236 Å². The summed E-state index contributed by atoms with van der Waals surface area (Å²) in [5.41, 5.74) is 10.8. The summed E-state index contributed by atoms with van der Waals surface area (Å²) in [5, 5.41) is 25.5. The van der Waals surface area contributed by atoms with Crippen molar-refractivity contribution >= 4 is 65.1 Å². The number of hydrogen-bond acceptors (Lipinski definition) is 13. The number of hydrogen-bond donors (Lipinski definition) is 3. The molecule has 0 heterocycles. The smallest absolute Gasteiger partial charge is 0.744 e. The number of phenolic OH excluding ortho intramolecular Hbond substituents is 1. The van der Waals surface area contributed by atoms with Gasteiger partial charge in [0.1, 0.15) is 31.6 Å². The molecule has 190 valence electrons. The van der Waals surface area contributed by atoms with Gasteiger partial charge in [-0.3, -0.25) is 0 Å². The molecule has 0 aliphatic heterocycles. The Labute approximate surface area is 267 Å². The number of nitrogens with two attached hydrogens (primary N) is 2. The van der Waals surface area contributed by atoms with Crippen LogP contribution in [0.15, 0.2) is 97.0 Å². The van der Waals surface area contributed by atoms with E-state index in [9.17, 15) is 31.0 Å². The molecule has 4 aromatic carbocycles. The van der Waals surface area contributed by atoms with Gasteiger partial charge in [-0.2, -0.15) is 10.2 Å². The van der Waals surface area contributed by atoms with Crippen LogP contribution in [0.1, 0.15) is 0 Å². The molecule has 0 saturated carbocycles. The molecule has 0 saturated heterocycles. The molecular weight excluding hydrogens is 570 g/mol. The predicted octanol–water partition coefficient (Wildman–Crippen LogP) is -1.64. The monoisotopic (exact) mass is 586 g/mol. The SMILES string of the molecule is Nc1ccc(N=Nc2c(S(=O)(=O)[O-])cc3cc(S(=O)(=O)[O-])c(N=Nc4ccccc4)c(O)c3c2N)cc1.[Na+].[Na+]. The molecule has 17 heteroatoms. The molecule has 0 aromatic heterocycles. The number of nitrogen functional groups attached to an aromatic ring is 2. The summed E-state index contributed by atoms with van der Waals surface area (Å²) in [6.45, 7) is 0. The Morgan fingerprint density at radius 2 is 1.13 bits per heavy atom. The summed E-state index contributed by atoms with van der Waals surface area (Å²) in [4.78, 5) is -1.97. The van der Waals surface area contributed by atoms with E-state index in [1.807, 2.05) is 0 Å². The van der Waals surface area contributed by atoms with Crippen LogP contribution < -0.4 is 70.6 Å². The summed E-state index contributed by atoms with van der Waals surface area (Å²) < 4.78 is 71.8. The molecule has 0 aliphatic carbocycles. The van der Waals surface area contributed by atoms with E-state index >= 15 is 0 Å². The zero-order valence-electron chi connectivity index (χ0n) is 20.5. The van der Waals surface area contributed by atoms with Crippen molar-refractivity contribution in [3.8, 4) is 5.75 Å². The van der Waals surface area contributed by atoms with Gasteiger partial charge >= 0.3 is 59.1 Å². The number of aromatic hydroxyl groups is 1. The van der Waals surface area contributed by atoms with Crippen LogP contribution in [0, 0.1) is 0 Å². The number of phenols is 1. The van der Waals surface area contributed by atoms with Crippen molar-refractivity contribution in [3.05, 3.63) is 66.7 Å². The maximum absolute atomic E-state index is 12.0. The second-order valence-corrected chi connectivity index (χ2v) is 10.2. The van der Waals surface area contributed by atoms with Crippen LogP contribution in [-0.2, 0) is 20.2 Å². The quantitative estimate of drug-likeness (QED) is 0.101. The van der Waals surface area contributed by atoms with E-state index in [-0.39, 0.29) is 81.3 Å². The zero-order valence-corrected chi connectivity index (χ0v) is 26.1. The first kappa shape index (κ1) is 32.8. The van der Waals surface area contributed by atoms with Crippen molar-refractivity contribution in [3.63, 3.8) is 0 Å². The van der Waals surface area contributed by atoms with Gasteiger partial charge < -0.3 is 25.7 Å². The van der Waals surface area contributed by atoms with Gasteiger partial charge in [-0.25, -0.2) is 16.8 Å². The van der Waals surface area contributed by atoms with Gasteiger partial charge in [-0.15, -0.1) is 10.2 Å². The summed E-state index contributed by atoms with van der Waals surface area (Å²) in [6.07, 6.45) is 0. The molecule has 4 aromatic rings. The maximum Gasteiger partial charge on any atom is 1.00 e. The summed E-state index contributed by atoms with van der Waals surface area (Å²) in [5.74, 6) is -0.900. The van der Waals surface area contributed by atoms with E-state index in [2.05, 4.69) is 20.5 Å². The Bertz CT molecular complexity index is 1800. The van der Waals surface area contributed by atoms with Crippen molar-refractivity contribution in [2.75, 3.05) is 11.5 Å². The first-order valence-corrected chi connectivity index (χ1v) is 13.0. The molecule has 13 nitrogen and oxygen atoms in total. The molecule has 0 bridgehead atoms. The zero-order chi connectivity index (χ0) is 27.0. The maximum atomic E-state index is 12.0. The molecule has 0 aliphatic rings. The molecule has 0 unspecified atom stereocenters. The third-order valence-corrected chi connectivity index (χ3v) is 6.73. The van der Waals surface area contributed by atoms with Crippen LogP contribution in [-0.4, -0.2) is 31.0 Å². The first-order chi connectivity index (χ1) is 17.4. The van der Waals surface area contributed by atoms with Gasteiger partial charge in [0, 0.05) is 5.69 Å². The van der Waals surface area contributed by atoms with E-state index in [0.717, 1.165) is 12.1 Å². The van der Waals surface area contributed by atoms with Crippen LogP contribution in [0.4, 0.5) is 34.1 Å². The fourth-order valence-corrected chi connectivity index (χ4v) is 4.65. The van der Waals surface area contributed by atoms with Crippen LogP contribution in [0.3, 0.4) is 0 Å². The first-order valence-electron chi connectivity index (χ1n) is 10.1. The fourth-order valence-electron chi connectivity index (χ4n) is 3.34. The molecule has 0 spiro atoms. The van der Waals surface area contributed by atoms with Crippen LogP contribution in [0.2, 0.25) is 0 Å². The normalized spacial score (nSPS) is 11.9. The van der Waals surface area contributed by atoms with Crippen LogP contribution in [0.25, 0.3) is 10.8 Å². The Hall–Kier alpha value is -2.44. The van der Waals surface area contributed by atoms with Crippen molar-refractivity contribution in [1.82, 2.24) is 0 Å². The Balaban J connectivity index is 0.00000267. The van der Waals surface area contributed by atoms with Gasteiger partial charge in [0.25, 0.3) is 0 Å². The number of fused-ring (bicyclic) bond motifs is 1. The molecule has 0 atom stereocenters. The standard InChI is InChI=1S/C22H18N6O7S2.2Na/c23-13-6-8-15(9-7-13)26-27-20-16(36(30,31)32)10-12-11-17(37(33,34)35)21(22(29)18(12)19(20)24)28-25-14-4-2-1-3-5-14;;/h1-11,29H,23-24H2,(H,30,31,32)(H,33,34,35);;/q;2*+1/p-2. The van der Waals surface area contributed by atoms with Gasteiger partial charge in [-0.1, -0.05) is 18.2 Å². The largest absolute Gasteiger partial charge is 1.00 e. The van der Waals surface area contributed by atoms with Crippen molar-refractivity contribution in [2.45, 2.75) is 9.79 Å². The average molecular weight is 587 g/mol. The van der Waals surface area contributed by atoms with E-state index < -0.39 is 52.8 Å².